The highest BCUT2D eigenvalue weighted by Gasteiger charge is 2.14. The lowest BCUT2D eigenvalue weighted by atomic mass is 10.2. The maximum Gasteiger partial charge on any atom is 0.236 e. The largest absolute Gasteiger partial charge is 0.348 e. The van der Waals surface area contributed by atoms with Gasteiger partial charge in [0.1, 0.15) is 6.33 Å². The van der Waals surface area contributed by atoms with E-state index in [9.17, 15) is 4.79 Å². The van der Waals surface area contributed by atoms with Gasteiger partial charge in [-0.1, -0.05) is 25.1 Å². The van der Waals surface area contributed by atoms with E-state index in [1.807, 2.05) is 35.8 Å². The molecule has 0 radical (unpaired) electrons. The van der Waals surface area contributed by atoms with E-state index in [1.54, 1.807) is 30.0 Å². The number of hydrogen-bond acceptors (Lipinski definition) is 4. The first kappa shape index (κ1) is 18.4. The Morgan fingerprint density at radius 1 is 1.29 bits per heavy atom. The van der Waals surface area contributed by atoms with Crippen molar-refractivity contribution in [1.29, 1.82) is 0 Å². The number of carbonyl (C=O) groups is 1. The standard InChI is InChI=1S/C17H25N5OS/c1-5-10-20(11-16(23)19(3)4)13-22-17(24)21(12-18-22)15-9-7-6-8-14(15)2/h6-9,12H,5,10-11,13H2,1-4H3. The van der Waals surface area contributed by atoms with Crippen LogP contribution in [0.5, 0.6) is 0 Å². The SMILES string of the molecule is CCCN(CC(=O)N(C)C)Cn1ncn(-c2ccccc2C)c1=S. The number of para-hydroxylation sites is 1. The van der Waals surface area contributed by atoms with Crippen LogP contribution in [0.1, 0.15) is 18.9 Å². The molecule has 0 unspecified atom stereocenters. The van der Waals surface area contributed by atoms with Crippen LogP contribution in [0.4, 0.5) is 0 Å². The molecule has 0 aliphatic carbocycles. The molecule has 2 rings (SSSR count). The Morgan fingerprint density at radius 2 is 2.00 bits per heavy atom. The van der Waals surface area contributed by atoms with Crippen LogP contribution in [0, 0.1) is 11.7 Å². The minimum atomic E-state index is 0.0771. The van der Waals surface area contributed by atoms with Gasteiger partial charge in [-0.2, -0.15) is 5.10 Å². The van der Waals surface area contributed by atoms with Crippen LogP contribution in [-0.4, -0.2) is 57.2 Å². The van der Waals surface area contributed by atoms with Crippen LogP contribution in [-0.2, 0) is 11.5 Å². The normalized spacial score (nSPS) is 11.0. The van der Waals surface area contributed by atoms with E-state index in [2.05, 4.69) is 16.9 Å². The summed E-state index contributed by atoms with van der Waals surface area (Å²) in [5.74, 6) is 0.0771. The lowest BCUT2D eigenvalue weighted by molar-refractivity contribution is -0.130. The molecule has 1 heterocycles. The highest BCUT2D eigenvalue weighted by Crippen LogP contribution is 2.14. The second-order valence-electron chi connectivity index (χ2n) is 6.05. The molecule has 0 bridgehead atoms. The summed E-state index contributed by atoms with van der Waals surface area (Å²) in [6.07, 6.45) is 2.70. The molecular weight excluding hydrogens is 322 g/mol. The second-order valence-corrected chi connectivity index (χ2v) is 6.42. The van der Waals surface area contributed by atoms with Gasteiger partial charge in [0.15, 0.2) is 0 Å². The smallest absolute Gasteiger partial charge is 0.236 e. The summed E-state index contributed by atoms with van der Waals surface area (Å²) in [7, 11) is 3.54. The Morgan fingerprint density at radius 3 is 2.62 bits per heavy atom. The highest BCUT2D eigenvalue weighted by atomic mass is 32.1. The number of carbonyl (C=O) groups excluding carboxylic acids is 1. The Bertz CT molecular complexity index is 749. The molecular formula is C17H25N5OS. The number of amides is 1. The number of hydrogen-bond donors (Lipinski definition) is 0. The molecule has 0 aliphatic rings. The van der Waals surface area contributed by atoms with Crippen molar-refractivity contribution in [1.82, 2.24) is 24.1 Å². The zero-order chi connectivity index (χ0) is 17.7. The number of rotatable bonds is 7. The summed E-state index contributed by atoms with van der Waals surface area (Å²) < 4.78 is 4.30. The van der Waals surface area contributed by atoms with Crippen LogP contribution in [0.15, 0.2) is 30.6 Å². The van der Waals surface area contributed by atoms with Crippen molar-refractivity contribution in [3.05, 3.63) is 40.9 Å². The molecule has 0 spiro atoms. The number of benzene rings is 1. The van der Waals surface area contributed by atoms with Crippen LogP contribution < -0.4 is 0 Å². The van der Waals surface area contributed by atoms with Gasteiger partial charge < -0.3 is 4.90 Å². The van der Waals surface area contributed by atoms with Crippen molar-refractivity contribution in [2.75, 3.05) is 27.2 Å². The van der Waals surface area contributed by atoms with Gasteiger partial charge in [-0.15, -0.1) is 0 Å². The van der Waals surface area contributed by atoms with E-state index in [1.165, 1.54) is 0 Å². The minimum absolute atomic E-state index is 0.0771. The van der Waals surface area contributed by atoms with Crippen molar-refractivity contribution in [2.45, 2.75) is 26.9 Å². The van der Waals surface area contributed by atoms with Gasteiger partial charge in [-0.05, 0) is 37.2 Å². The summed E-state index contributed by atoms with van der Waals surface area (Å²) in [4.78, 5) is 15.7. The Balaban J connectivity index is 2.22. The monoisotopic (exact) mass is 347 g/mol. The van der Waals surface area contributed by atoms with E-state index in [0.717, 1.165) is 24.2 Å². The first-order valence-corrected chi connectivity index (χ1v) is 8.47. The summed E-state index contributed by atoms with van der Waals surface area (Å²) in [5, 5.41) is 4.42. The van der Waals surface area contributed by atoms with E-state index in [-0.39, 0.29) is 5.91 Å². The quantitative estimate of drug-likeness (QED) is 0.722. The van der Waals surface area contributed by atoms with Crippen molar-refractivity contribution < 1.29 is 4.79 Å². The van der Waals surface area contributed by atoms with Gasteiger partial charge in [0.2, 0.25) is 10.7 Å². The molecule has 0 saturated carbocycles. The third-order valence-electron chi connectivity index (χ3n) is 3.84. The van der Waals surface area contributed by atoms with E-state index >= 15 is 0 Å². The molecule has 6 nitrogen and oxygen atoms in total. The van der Waals surface area contributed by atoms with Crippen LogP contribution in [0.25, 0.3) is 5.69 Å². The number of nitrogens with zero attached hydrogens (tertiary/aromatic N) is 5. The van der Waals surface area contributed by atoms with Gasteiger partial charge in [0, 0.05) is 20.6 Å². The topological polar surface area (TPSA) is 46.3 Å². The van der Waals surface area contributed by atoms with Crippen molar-refractivity contribution in [3.8, 4) is 5.69 Å². The fraction of sp³-hybridized carbons (Fsp3) is 0.471. The molecule has 1 aromatic carbocycles. The molecule has 0 fully saturated rings. The molecule has 2 aromatic rings. The predicted molar refractivity (Wildman–Crippen MR) is 97.7 cm³/mol. The van der Waals surface area contributed by atoms with E-state index in [4.69, 9.17) is 12.2 Å². The summed E-state index contributed by atoms with van der Waals surface area (Å²) in [6, 6.07) is 8.06. The van der Waals surface area contributed by atoms with Crippen molar-refractivity contribution in [2.24, 2.45) is 0 Å². The molecule has 0 aliphatic heterocycles. The average molecular weight is 347 g/mol. The minimum Gasteiger partial charge on any atom is -0.348 e. The number of aryl methyl sites for hydroxylation is 1. The Hall–Kier alpha value is -1.99. The third-order valence-corrected chi connectivity index (χ3v) is 4.25. The summed E-state index contributed by atoms with van der Waals surface area (Å²) in [5.41, 5.74) is 2.17. The van der Waals surface area contributed by atoms with Gasteiger partial charge >= 0.3 is 0 Å². The van der Waals surface area contributed by atoms with Gasteiger partial charge in [-0.3, -0.25) is 14.3 Å². The molecule has 1 aromatic heterocycles. The molecule has 7 heteroatoms. The summed E-state index contributed by atoms with van der Waals surface area (Å²) in [6.45, 7) is 5.83. The van der Waals surface area contributed by atoms with Crippen molar-refractivity contribution >= 4 is 18.1 Å². The van der Waals surface area contributed by atoms with E-state index in [0.29, 0.717) is 18.0 Å². The fourth-order valence-corrected chi connectivity index (χ4v) is 2.72. The van der Waals surface area contributed by atoms with Gasteiger partial charge in [0.05, 0.1) is 18.9 Å². The lowest BCUT2D eigenvalue weighted by Crippen LogP contribution is -2.38. The first-order valence-electron chi connectivity index (χ1n) is 8.07. The summed E-state index contributed by atoms with van der Waals surface area (Å²) >= 11 is 5.58. The third kappa shape index (κ3) is 4.30. The molecule has 130 valence electrons. The lowest BCUT2D eigenvalue weighted by Gasteiger charge is -2.22. The predicted octanol–water partition coefficient (Wildman–Crippen LogP) is 2.47. The first-order chi connectivity index (χ1) is 11.4. The number of aromatic nitrogens is 3. The van der Waals surface area contributed by atoms with Crippen LogP contribution in [0.2, 0.25) is 0 Å². The fourth-order valence-electron chi connectivity index (χ4n) is 2.47. The van der Waals surface area contributed by atoms with Crippen molar-refractivity contribution in [3.63, 3.8) is 0 Å². The van der Waals surface area contributed by atoms with Gasteiger partial charge in [-0.25, -0.2) is 4.68 Å². The molecule has 0 atom stereocenters. The van der Waals surface area contributed by atoms with Gasteiger partial charge in [0.25, 0.3) is 0 Å². The molecule has 24 heavy (non-hydrogen) atoms. The number of likely N-dealkylation sites (N-methyl/N-ethyl adjacent to an activating group) is 1. The Labute approximate surface area is 148 Å². The molecule has 0 saturated heterocycles. The second kappa shape index (κ2) is 8.21. The maximum atomic E-state index is 12.0. The Kier molecular flexibility index (Phi) is 6.28. The average Bonchev–Trinajstić information content (AvgIpc) is 2.89. The highest BCUT2D eigenvalue weighted by molar-refractivity contribution is 7.71. The zero-order valence-electron chi connectivity index (χ0n) is 14.8. The van der Waals surface area contributed by atoms with E-state index < -0.39 is 0 Å². The maximum absolute atomic E-state index is 12.0. The molecule has 1 amide bonds. The molecule has 0 N–H and O–H groups in total. The van der Waals surface area contributed by atoms with Crippen LogP contribution >= 0.6 is 12.2 Å². The van der Waals surface area contributed by atoms with Crippen LogP contribution in [0.3, 0.4) is 0 Å². The zero-order valence-corrected chi connectivity index (χ0v) is 15.6.